The number of nitrogens with zero attached hydrogens (tertiary/aromatic N) is 1. The molecule has 1 nitrogen and oxygen atoms in total. The van der Waals surface area contributed by atoms with Crippen LogP contribution >= 0.6 is 0 Å². The van der Waals surface area contributed by atoms with Gasteiger partial charge in [-0.05, 0) is 37.1 Å². The van der Waals surface area contributed by atoms with Gasteiger partial charge in [0.2, 0.25) is 0 Å². The predicted octanol–water partition coefficient (Wildman–Crippen LogP) is 4.45. The van der Waals surface area contributed by atoms with Crippen molar-refractivity contribution in [2.75, 3.05) is 0 Å². The van der Waals surface area contributed by atoms with Crippen molar-refractivity contribution in [2.24, 2.45) is 4.99 Å². The first-order chi connectivity index (χ1) is 8.86. The maximum absolute atomic E-state index is 4.58. The van der Waals surface area contributed by atoms with Gasteiger partial charge in [-0.1, -0.05) is 60.7 Å². The standard InChI is InChI=1S/C17H19N/c1-15(17-12-6-3-7-13-17)18-14-8-11-16-9-4-2-5-10-16/h2-7,9-10,12-15H,8,11H2,1H3/t15-/m1/s1. The Morgan fingerprint density at radius 1 is 0.944 bits per heavy atom. The Labute approximate surface area is 109 Å². The number of hydrogen-bond acceptors (Lipinski definition) is 1. The molecule has 0 aliphatic rings. The number of aliphatic imine (C=N–C) groups is 1. The van der Waals surface area contributed by atoms with Crippen LogP contribution in [0.15, 0.2) is 65.7 Å². The molecule has 92 valence electrons. The van der Waals surface area contributed by atoms with E-state index in [9.17, 15) is 0 Å². The molecule has 0 aliphatic heterocycles. The summed E-state index contributed by atoms with van der Waals surface area (Å²) in [6.45, 7) is 2.13. The highest BCUT2D eigenvalue weighted by molar-refractivity contribution is 5.58. The minimum absolute atomic E-state index is 0.252. The Hall–Kier alpha value is -1.89. The maximum atomic E-state index is 4.58. The monoisotopic (exact) mass is 237 g/mol. The molecular weight excluding hydrogens is 218 g/mol. The molecule has 0 saturated carbocycles. The molecule has 0 saturated heterocycles. The molecule has 18 heavy (non-hydrogen) atoms. The fourth-order valence-corrected chi connectivity index (χ4v) is 1.93. The summed E-state index contributed by atoms with van der Waals surface area (Å²) in [7, 11) is 0. The molecule has 0 radical (unpaired) electrons. The van der Waals surface area contributed by atoms with Crippen LogP contribution in [0.3, 0.4) is 0 Å². The van der Waals surface area contributed by atoms with E-state index >= 15 is 0 Å². The number of rotatable bonds is 5. The van der Waals surface area contributed by atoms with E-state index in [1.54, 1.807) is 0 Å². The highest BCUT2D eigenvalue weighted by Crippen LogP contribution is 2.15. The fraction of sp³-hybridized carbons (Fsp3) is 0.235. The normalized spacial score (nSPS) is 12.7. The van der Waals surface area contributed by atoms with Gasteiger partial charge in [0.15, 0.2) is 0 Å². The van der Waals surface area contributed by atoms with Crippen LogP contribution in [-0.4, -0.2) is 6.21 Å². The van der Waals surface area contributed by atoms with Gasteiger partial charge in [0.05, 0.1) is 6.04 Å². The smallest absolute Gasteiger partial charge is 0.0716 e. The van der Waals surface area contributed by atoms with Crippen LogP contribution in [0, 0.1) is 0 Å². The van der Waals surface area contributed by atoms with Crippen molar-refractivity contribution < 1.29 is 0 Å². The van der Waals surface area contributed by atoms with Crippen LogP contribution in [-0.2, 0) is 6.42 Å². The summed E-state index contributed by atoms with van der Waals surface area (Å²) in [6.07, 6.45) is 4.11. The molecule has 0 N–H and O–H groups in total. The molecule has 0 spiro atoms. The summed E-state index contributed by atoms with van der Waals surface area (Å²) in [5, 5.41) is 0. The Morgan fingerprint density at radius 3 is 2.22 bits per heavy atom. The fourth-order valence-electron chi connectivity index (χ4n) is 1.93. The van der Waals surface area contributed by atoms with E-state index in [-0.39, 0.29) is 6.04 Å². The molecule has 0 bridgehead atoms. The Morgan fingerprint density at radius 2 is 1.56 bits per heavy atom. The zero-order valence-corrected chi connectivity index (χ0v) is 10.8. The SMILES string of the molecule is C[C@@H](N=CCCc1ccccc1)c1ccccc1. The zero-order chi connectivity index (χ0) is 12.6. The highest BCUT2D eigenvalue weighted by Gasteiger charge is 1.99. The Kier molecular flexibility index (Phi) is 4.71. The van der Waals surface area contributed by atoms with Crippen molar-refractivity contribution in [1.29, 1.82) is 0 Å². The van der Waals surface area contributed by atoms with Crippen LogP contribution in [0.25, 0.3) is 0 Å². The number of aryl methyl sites for hydroxylation is 1. The van der Waals surface area contributed by atoms with E-state index in [2.05, 4.69) is 66.5 Å². The highest BCUT2D eigenvalue weighted by atomic mass is 14.7. The van der Waals surface area contributed by atoms with Gasteiger partial charge in [0, 0.05) is 0 Å². The molecule has 0 unspecified atom stereocenters. The molecule has 2 aromatic rings. The lowest BCUT2D eigenvalue weighted by Gasteiger charge is -2.05. The first-order valence-corrected chi connectivity index (χ1v) is 6.47. The summed E-state index contributed by atoms with van der Waals surface area (Å²) in [5.41, 5.74) is 2.64. The summed E-state index contributed by atoms with van der Waals surface area (Å²) < 4.78 is 0. The Balaban J connectivity index is 1.82. The Bertz CT molecular complexity index is 473. The third-order valence-electron chi connectivity index (χ3n) is 3.02. The predicted molar refractivity (Wildman–Crippen MR) is 78.1 cm³/mol. The minimum atomic E-state index is 0.252. The van der Waals surface area contributed by atoms with Gasteiger partial charge in [0.25, 0.3) is 0 Å². The molecule has 2 rings (SSSR count). The zero-order valence-electron chi connectivity index (χ0n) is 10.8. The van der Waals surface area contributed by atoms with Gasteiger partial charge in [0.1, 0.15) is 0 Å². The van der Waals surface area contributed by atoms with Crippen LogP contribution in [0.4, 0.5) is 0 Å². The first-order valence-electron chi connectivity index (χ1n) is 6.47. The van der Waals surface area contributed by atoms with Crippen LogP contribution in [0.2, 0.25) is 0 Å². The molecule has 1 heteroatoms. The van der Waals surface area contributed by atoms with Gasteiger partial charge >= 0.3 is 0 Å². The van der Waals surface area contributed by atoms with Crippen molar-refractivity contribution in [3.63, 3.8) is 0 Å². The molecule has 0 aliphatic carbocycles. The topological polar surface area (TPSA) is 12.4 Å². The number of hydrogen-bond donors (Lipinski definition) is 0. The third-order valence-corrected chi connectivity index (χ3v) is 3.02. The van der Waals surface area contributed by atoms with E-state index < -0.39 is 0 Å². The van der Waals surface area contributed by atoms with Gasteiger partial charge < -0.3 is 0 Å². The van der Waals surface area contributed by atoms with Crippen molar-refractivity contribution in [3.8, 4) is 0 Å². The second-order valence-electron chi connectivity index (χ2n) is 4.44. The van der Waals surface area contributed by atoms with Gasteiger partial charge in [-0.15, -0.1) is 0 Å². The van der Waals surface area contributed by atoms with Crippen molar-refractivity contribution in [1.82, 2.24) is 0 Å². The summed E-state index contributed by atoms with van der Waals surface area (Å²) in [5.74, 6) is 0. The van der Waals surface area contributed by atoms with Crippen molar-refractivity contribution in [2.45, 2.75) is 25.8 Å². The molecule has 1 atom stereocenters. The average Bonchev–Trinajstić information content (AvgIpc) is 2.45. The first kappa shape index (κ1) is 12.6. The van der Waals surface area contributed by atoms with E-state index in [1.807, 2.05) is 12.3 Å². The molecule has 0 amide bonds. The second-order valence-corrected chi connectivity index (χ2v) is 4.44. The number of benzene rings is 2. The van der Waals surface area contributed by atoms with E-state index in [4.69, 9.17) is 0 Å². The van der Waals surface area contributed by atoms with Crippen molar-refractivity contribution >= 4 is 6.21 Å². The summed E-state index contributed by atoms with van der Waals surface area (Å²) in [6, 6.07) is 21.2. The van der Waals surface area contributed by atoms with E-state index in [0.29, 0.717) is 0 Å². The minimum Gasteiger partial charge on any atom is -0.290 e. The molecule has 0 aromatic heterocycles. The lowest BCUT2D eigenvalue weighted by molar-refractivity contribution is 0.818. The average molecular weight is 237 g/mol. The van der Waals surface area contributed by atoms with Crippen LogP contribution < -0.4 is 0 Å². The second kappa shape index (κ2) is 6.75. The van der Waals surface area contributed by atoms with Gasteiger partial charge in [-0.3, -0.25) is 4.99 Å². The quantitative estimate of drug-likeness (QED) is 0.681. The largest absolute Gasteiger partial charge is 0.290 e. The summed E-state index contributed by atoms with van der Waals surface area (Å²) >= 11 is 0. The lowest BCUT2D eigenvalue weighted by atomic mass is 10.1. The molecule has 2 aromatic carbocycles. The van der Waals surface area contributed by atoms with E-state index in [1.165, 1.54) is 11.1 Å². The van der Waals surface area contributed by atoms with Gasteiger partial charge in [-0.25, -0.2) is 0 Å². The molecular formula is C17H19N. The van der Waals surface area contributed by atoms with Crippen molar-refractivity contribution in [3.05, 3.63) is 71.8 Å². The maximum Gasteiger partial charge on any atom is 0.0716 e. The molecule has 0 fully saturated rings. The summed E-state index contributed by atoms with van der Waals surface area (Å²) in [4.78, 5) is 4.58. The van der Waals surface area contributed by atoms with E-state index in [0.717, 1.165) is 12.8 Å². The third kappa shape index (κ3) is 3.85. The lowest BCUT2D eigenvalue weighted by Crippen LogP contribution is -1.91. The van der Waals surface area contributed by atoms with Crippen LogP contribution in [0.1, 0.15) is 30.5 Å². The molecule has 0 heterocycles. The van der Waals surface area contributed by atoms with Gasteiger partial charge in [-0.2, -0.15) is 0 Å². The van der Waals surface area contributed by atoms with Crippen LogP contribution in [0.5, 0.6) is 0 Å².